The van der Waals surface area contributed by atoms with Crippen LogP contribution in [0.5, 0.6) is 0 Å². The summed E-state index contributed by atoms with van der Waals surface area (Å²) in [6.07, 6.45) is -9.01. The third-order valence-corrected chi connectivity index (χ3v) is 10.4. The largest absolute Gasteiger partial charge is 0.468 e. The molecule has 1 aromatic rings. The summed E-state index contributed by atoms with van der Waals surface area (Å²) in [5, 5.41) is -0.132. The molecule has 10 heteroatoms. The average Bonchev–Trinajstić information content (AvgIpc) is 2.66. The SMILES string of the molecule is COC1C(O[Si](C)(C)C(C)(C)C)[C@H](OC)C(C)O[C@H]1OC(=Nc1ccccc1)C(F)(F)F. The van der Waals surface area contributed by atoms with E-state index in [1.807, 2.05) is 0 Å². The first-order chi connectivity index (χ1) is 14.7. The minimum Gasteiger partial charge on any atom is -0.441 e. The molecule has 1 fully saturated rings. The van der Waals surface area contributed by atoms with Gasteiger partial charge in [-0.3, -0.25) is 0 Å². The highest BCUT2D eigenvalue weighted by Gasteiger charge is 2.53. The second-order valence-electron chi connectivity index (χ2n) is 9.32. The zero-order valence-corrected chi connectivity index (χ0v) is 20.9. The molecule has 0 aromatic heterocycles. The molecule has 32 heavy (non-hydrogen) atoms. The number of ether oxygens (including phenoxy) is 4. The maximum Gasteiger partial charge on any atom is 0.468 e. The van der Waals surface area contributed by atoms with Gasteiger partial charge in [0.15, 0.2) is 8.32 Å². The average molecular weight is 478 g/mol. The molecule has 5 atom stereocenters. The topological polar surface area (TPSA) is 58.5 Å². The Labute approximate surface area is 189 Å². The van der Waals surface area contributed by atoms with Gasteiger partial charge in [0.2, 0.25) is 6.29 Å². The zero-order valence-electron chi connectivity index (χ0n) is 19.9. The monoisotopic (exact) mass is 477 g/mol. The molecule has 1 aliphatic heterocycles. The molecule has 1 saturated heterocycles. The van der Waals surface area contributed by atoms with Gasteiger partial charge in [0.05, 0.1) is 11.8 Å². The zero-order chi connectivity index (χ0) is 24.3. The van der Waals surface area contributed by atoms with E-state index in [9.17, 15) is 13.2 Å². The van der Waals surface area contributed by atoms with Crippen LogP contribution in [0.25, 0.3) is 0 Å². The number of alkyl halides is 3. The highest BCUT2D eigenvalue weighted by molar-refractivity contribution is 6.74. The first-order valence-electron chi connectivity index (χ1n) is 10.5. The predicted molar refractivity (Wildman–Crippen MR) is 119 cm³/mol. The number of hydrogen-bond acceptors (Lipinski definition) is 6. The Balaban J connectivity index is 2.40. The fourth-order valence-corrected chi connectivity index (χ4v) is 4.48. The summed E-state index contributed by atoms with van der Waals surface area (Å²) in [7, 11) is 0.569. The van der Waals surface area contributed by atoms with Gasteiger partial charge in [0.25, 0.3) is 5.90 Å². The molecule has 0 saturated carbocycles. The van der Waals surface area contributed by atoms with E-state index in [1.54, 1.807) is 25.1 Å². The van der Waals surface area contributed by atoms with Crippen molar-refractivity contribution in [3.8, 4) is 0 Å². The van der Waals surface area contributed by atoms with Crippen LogP contribution in [0, 0.1) is 0 Å². The van der Waals surface area contributed by atoms with Crippen molar-refractivity contribution in [3.63, 3.8) is 0 Å². The molecule has 0 amide bonds. The molecule has 0 N–H and O–H groups in total. The number of aliphatic imine (C=N–C) groups is 1. The molecule has 1 heterocycles. The van der Waals surface area contributed by atoms with Gasteiger partial charge in [-0.15, -0.1) is 0 Å². The number of benzene rings is 1. The fourth-order valence-electron chi connectivity index (χ4n) is 3.18. The second kappa shape index (κ2) is 10.2. The minimum absolute atomic E-state index is 0.112. The van der Waals surface area contributed by atoms with Crippen molar-refractivity contribution >= 4 is 19.9 Å². The summed E-state index contributed by atoms with van der Waals surface area (Å²) in [5.74, 6) is -1.41. The van der Waals surface area contributed by atoms with Crippen LogP contribution < -0.4 is 0 Å². The van der Waals surface area contributed by atoms with Crippen LogP contribution in [-0.2, 0) is 23.4 Å². The van der Waals surface area contributed by atoms with Crippen LogP contribution in [-0.4, -0.2) is 65.3 Å². The normalized spacial score (nSPS) is 28.0. The smallest absolute Gasteiger partial charge is 0.441 e. The standard InChI is InChI=1S/C22H34F3NO5Si/c1-14-16(27-5)17(31-32(7,8)21(2,3)4)18(28-6)19(29-14)30-20(22(23,24)25)26-15-12-10-9-11-13-15/h9-14,16-19H,1-8H3/t14?,16-,17?,18?,19+/m1/s1. The van der Waals surface area contributed by atoms with Gasteiger partial charge in [-0.2, -0.15) is 13.2 Å². The summed E-state index contributed by atoms with van der Waals surface area (Å²) in [4.78, 5) is 3.67. The molecular formula is C22H34F3NO5Si. The van der Waals surface area contributed by atoms with Crippen LogP contribution in [0.15, 0.2) is 35.3 Å². The number of para-hydroxylation sites is 1. The molecule has 6 nitrogen and oxygen atoms in total. The summed E-state index contributed by atoms with van der Waals surface area (Å²) >= 11 is 0. The third-order valence-electron chi connectivity index (χ3n) is 5.97. The number of hydrogen-bond donors (Lipinski definition) is 0. The quantitative estimate of drug-likeness (QED) is 0.309. The molecule has 0 spiro atoms. The van der Waals surface area contributed by atoms with Gasteiger partial charge >= 0.3 is 6.18 Å². The Bertz CT molecular complexity index is 767. The summed E-state index contributed by atoms with van der Waals surface area (Å²) < 4.78 is 70.1. The highest BCUT2D eigenvalue weighted by atomic mass is 28.4. The maximum atomic E-state index is 13.8. The van der Waals surface area contributed by atoms with Gasteiger partial charge in [-0.1, -0.05) is 39.0 Å². The molecule has 0 aliphatic carbocycles. The van der Waals surface area contributed by atoms with E-state index in [0.717, 1.165) is 0 Å². The fraction of sp³-hybridized carbons (Fsp3) is 0.682. The Morgan fingerprint density at radius 3 is 2.00 bits per heavy atom. The van der Waals surface area contributed by atoms with Crippen molar-refractivity contribution in [2.75, 3.05) is 14.2 Å². The van der Waals surface area contributed by atoms with Crippen molar-refractivity contribution in [2.45, 2.75) is 82.7 Å². The lowest BCUT2D eigenvalue weighted by Gasteiger charge is -2.48. The van der Waals surface area contributed by atoms with Gasteiger partial charge in [-0.25, -0.2) is 4.99 Å². The Kier molecular flexibility index (Phi) is 8.55. The lowest BCUT2D eigenvalue weighted by molar-refractivity contribution is -0.283. The summed E-state index contributed by atoms with van der Waals surface area (Å²) in [6.45, 7) is 12.1. The number of nitrogens with zero attached hydrogens (tertiary/aromatic N) is 1. The van der Waals surface area contributed by atoms with Gasteiger partial charge < -0.3 is 23.4 Å². The van der Waals surface area contributed by atoms with Crippen LogP contribution in [0.2, 0.25) is 18.1 Å². The molecular weight excluding hydrogens is 443 g/mol. The molecule has 2 rings (SSSR count). The first kappa shape index (κ1) is 26.8. The van der Waals surface area contributed by atoms with Crippen LogP contribution >= 0.6 is 0 Å². The van der Waals surface area contributed by atoms with Crippen molar-refractivity contribution in [1.29, 1.82) is 0 Å². The number of rotatable bonds is 6. The van der Waals surface area contributed by atoms with E-state index in [1.165, 1.54) is 26.4 Å². The van der Waals surface area contributed by atoms with Crippen molar-refractivity contribution in [3.05, 3.63) is 30.3 Å². The van der Waals surface area contributed by atoms with Gasteiger partial charge in [0, 0.05) is 14.2 Å². The maximum absolute atomic E-state index is 13.8. The Morgan fingerprint density at radius 2 is 1.53 bits per heavy atom. The molecule has 182 valence electrons. The number of halogens is 3. The third kappa shape index (κ3) is 6.32. The van der Waals surface area contributed by atoms with Crippen LogP contribution in [0.3, 0.4) is 0 Å². The van der Waals surface area contributed by atoms with E-state index in [0.29, 0.717) is 0 Å². The lowest BCUT2D eigenvalue weighted by Crippen LogP contribution is -2.63. The number of methoxy groups -OCH3 is 2. The molecule has 1 aliphatic rings. The van der Waals surface area contributed by atoms with E-state index < -0.39 is 51.1 Å². The van der Waals surface area contributed by atoms with E-state index in [4.69, 9.17) is 23.4 Å². The van der Waals surface area contributed by atoms with E-state index >= 15 is 0 Å². The van der Waals surface area contributed by atoms with Crippen LogP contribution in [0.1, 0.15) is 27.7 Å². The molecule has 1 aromatic carbocycles. The summed E-state index contributed by atoms with van der Waals surface area (Å²) in [5.41, 5.74) is 0.112. The van der Waals surface area contributed by atoms with Crippen molar-refractivity contribution in [2.24, 2.45) is 4.99 Å². The minimum atomic E-state index is -4.82. The predicted octanol–water partition coefficient (Wildman–Crippen LogP) is 5.46. The second-order valence-corrected chi connectivity index (χ2v) is 14.1. The van der Waals surface area contributed by atoms with Crippen molar-refractivity contribution < 1.29 is 36.5 Å². The molecule has 0 bridgehead atoms. The van der Waals surface area contributed by atoms with Gasteiger partial charge in [0.1, 0.15) is 18.3 Å². The van der Waals surface area contributed by atoms with E-state index in [2.05, 4.69) is 38.9 Å². The Hall–Kier alpha value is -1.46. The first-order valence-corrected chi connectivity index (χ1v) is 13.4. The van der Waals surface area contributed by atoms with E-state index in [-0.39, 0.29) is 10.7 Å². The van der Waals surface area contributed by atoms with Crippen molar-refractivity contribution in [1.82, 2.24) is 0 Å². The summed E-state index contributed by atoms with van der Waals surface area (Å²) in [6, 6.07) is 7.79. The van der Waals surface area contributed by atoms with Crippen LogP contribution in [0.4, 0.5) is 18.9 Å². The molecule has 0 radical (unpaired) electrons. The molecule has 3 unspecified atom stereocenters. The van der Waals surface area contributed by atoms with Gasteiger partial charge in [-0.05, 0) is 37.2 Å². The Morgan fingerprint density at radius 1 is 0.969 bits per heavy atom. The highest BCUT2D eigenvalue weighted by Crippen LogP contribution is 2.40. The lowest BCUT2D eigenvalue weighted by atomic mass is 9.99.